The predicted octanol–water partition coefficient (Wildman–Crippen LogP) is 6.20. The minimum absolute atomic E-state index is 0.740. The van der Waals surface area contributed by atoms with Crippen LogP contribution < -0.4 is 0 Å². The SMILES string of the molecule is CC[C@@]12CCC[C@H]1[C@@H]1CC[C@@H]3CCCC[C@]3(C)[C@H]1CC2. The quantitative estimate of drug-likeness (QED) is 0.534. The summed E-state index contributed by atoms with van der Waals surface area (Å²) in [6.45, 7) is 5.20. The van der Waals surface area contributed by atoms with Gasteiger partial charge in [0.25, 0.3) is 0 Å². The molecule has 0 aliphatic heterocycles. The fourth-order valence-electron chi connectivity index (χ4n) is 7.70. The van der Waals surface area contributed by atoms with Gasteiger partial charge in [-0.25, -0.2) is 0 Å². The molecule has 4 fully saturated rings. The number of hydrogen-bond donors (Lipinski definition) is 0. The Hall–Kier alpha value is 0. The monoisotopic (exact) mass is 274 g/mol. The van der Waals surface area contributed by atoms with Crippen molar-refractivity contribution in [3.8, 4) is 0 Å². The van der Waals surface area contributed by atoms with Crippen LogP contribution in [-0.4, -0.2) is 0 Å². The standard InChI is InChI=1S/C20H34/c1-3-20-13-6-8-18(20)16-10-9-15-7-4-5-12-19(15,2)17(16)11-14-20/h15-18H,3-14H2,1-2H3/t15-,16+,17-,18-,19-,20-/m0/s1. The van der Waals surface area contributed by atoms with Gasteiger partial charge in [-0.05, 0) is 85.9 Å². The van der Waals surface area contributed by atoms with Gasteiger partial charge in [-0.15, -0.1) is 0 Å². The van der Waals surface area contributed by atoms with Crippen LogP contribution in [0.5, 0.6) is 0 Å². The van der Waals surface area contributed by atoms with Gasteiger partial charge in [0.1, 0.15) is 0 Å². The molecule has 114 valence electrons. The van der Waals surface area contributed by atoms with Crippen LogP contribution >= 0.6 is 0 Å². The van der Waals surface area contributed by atoms with Gasteiger partial charge < -0.3 is 0 Å². The summed E-state index contributed by atoms with van der Waals surface area (Å²) in [4.78, 5) is 0. The Morgan fingerprint density at radius 3 is 2.55 bits per heavy atom. The van der Waals surface area contributed by atoms with E-state index in [9.17, 15) is 0 Å². The highest BCUT2D eigenvalue weighted by atomic mass is 14.6. The summed E-state index contributed by atoms with van der Waals surface area (Å²) < 4.78 is 0. The molecule has 0 aromatic carbocycles. The van der Waals surface area contributed by atoms with Crippen LogP contribution in [0.1, 0.15) is 90.9 Å². The fourth-order valence-corrected chi connectivity index (χ4v) is 7.70. The van der Waals surface area contributed by atoms with Gasteiger partial charge in [0, 0.05) is 0 Å². The van der Waals surface area contributed by atoms with E-state index in [-0.39, 0.29) is 0 Å². The lowest BCUT2D eigenvalue weighted by atomic mass is 9.45. The van der Waals surface area contributed by atoms with Crippen molar-refractivity contribution in [2.75, 3.05) is 0 Å². The lowest BCUT2D eigenvalue weighted by Crippen LogP contribution is -2.52. The molecular formula is C20H34. The third-order valence-corrected chi connectivity index (χ3v) is 8.81. The van der Waals surface area contributed by atoms with Crippen molar-refractivity contribution in [2.45, 2.75) is 90.9 Å². The highest BCUT2D eigenvalue weighted by Gasteiger charge is 2.57. The van der Waals surface area contributed by atoms with Gasteiger partial charge in [-0.2, -0.15) is 0 Å². The second kappa shape index (κ2) is 4.75. The maximum Gasteiger partial charge on any atom is -0.0266 e. The summed E-state index contributed by atoms with van der Waals surface area (Å²) in [7, 11) is 0. The molecule has 0 radical (unpaired) electrons. The van der Waals surface area contributed by atoms with Crippen LogP contribution in [-0.2, 0) is 0 Å². The molecule has 0 bridgehead atoms. The lowest BCUT2D eigenvalue weighted by molar-refractivity contribution is -0.108. The average Bonchev–Trinajstić information content (AvgIpc) is 2.91. The van der Waals surface area contributed by atoms with E-state index in [1.807, 2.05) is 0 Å². The number of fused-ring (bicyclic) bond motifs is 5. The summed E-state index contributed by atoms with van der Waals surface area (Å²) in [5, 5.41) is 0. The first-order chi connectivity index (χ1) is 9.70. The number of rotatable bonds is 1. The molecule has 0 aromatic rings. The third-order valence-electron chi connectivity index (χ3n) is 8.81. The van der Waals surface area contributed by atoms with Crippen molar-refractivity contribution in [3.05, 3.63) is 0 Å². The minimum atomic E-state index is 0.740. The summed E-state index contributed by atoms with van der Waals surface area (Å²) in [6.07, 6.45) is 18.7. The van der Waals surface area contributed by atoms with Crippen LogP contribution in [0.2, 0.25) is 0 Å². The molecule has 0 nitrogen and oxygen atoms in total. The van der Waals surface area contributed by atoms with Crippen molar-refractivity contribution in [3.63, 3.8) is 0 Å². The fraction of sp³-hybridized carbons (Fsp3) is 1.00. The van der Waals surface area contributed by atoms with E-state index < -0.39 is 0 Å². The van der Waals surface area contributed by atoms with Crippen molar-refractivity contribution in [1.29, 1.82) is 0 Å². The molecule has 4 aliphatic rings. The van der Waals surface area contributed by atoms with Crippen molar-refractivity contribution in [2.24, 2.45) is 34.5 Å². The minimum Gasteiger partial charge on any atom is -0.0648 e. The highest BCUT2D eigenvalue weighted by Crippen LogP contribution is 2.66. The van der Waals surface area contributed by atoms with Crippen molar-refractivity contribution in [1.82, 2.24) is 0 Å². The predicted molar refractivity (Wildman–Crippen MR) is 85.6 cm³/mol. The topological polar surface area (TPSA) is 0 Å². The lowest BCUT2D eigenvalue weighted by Gasteiger charge is -2.60. The van der Waals surface area contributed by atoms with Crippen LogP contribution in [0.15, 0.2) is 0 Å². The van der Waals surface area contributed by atoms with E-state index in [0.29, 0.717) is 0 Å². The smallest absolute Gasteiger partial charge is 0.0266 e. The van der Waals surface area contributed by atoms with Crippen LogP contribution in [0.4, 0.5) is 0 Å². The van der Waals surface area contributed by atoms with Crippen LogP contribution in [0.25, 0.3) is 0 Å². The van der Waals surface area contributed by atoms with E-state index in [2.05, 4.69) is 13.8 Å². The van der Waals surface area contributed by atoms with Gasteiger partial charge in [0.2, 0.25) is 0 Å². The van der Waals surface area contributed by atoms with Crippen LogP contribution in [0, 0.1) is 34.5 Å². The Morgan fingerprint density at radius 1 is 0.800 bits per heavy atom. The normalized spacial score (nSPS) is 54.9. The van der Waals surface area contributed by atoms with Gasteiger partial charge in [0.15, 0.2) is 0 Å². The molecule has 6 atom stereocenters. The maximum absolute atomic E-state index is 2.71. The molecule has 0 saturated heterocycles. The number of hydrogen-bond acceptors (Lipinski definition) is 0. The Morgan fingerprint density at radius 2 is 1.70 bits per heavy atom. The molecule has 20 heavy (non-hydrogen) atoms. The summed E-state index contributed by atoms with van der Waals surface area (Å²) >= 11 is 0. The Labute approximate surface area is 126 Å². The summed E-state index contributed by atoms with van der Waals surface area (Å²) in [5.41, 5.74) is 1.53. The Balaban J connectivity index is 1.64. The summed E-state index contributed by atoms with van der Waals surface area (Å²) in [5.74, 6) is 4.42. The molecule has 0 heterocycles. The van der Waals surface area contributed by atoms with E-state index in [4.69, 9.17) is 0 Å². The zero-order chi connectivity index (χ0) is 13.8. The van der Waals surface area contributed by atoms with Gasteiger partial charge >= 0.3 is 0 Å². The molecule has 4 saturated carbocycles. The molecule has 0 N–H and O–H groups in total. The van der Waals surface area contributed by atoms with Gasteiger partial charge in [0.05, 0.1) is 0 Å². The average molecular weight is 274 g/mol. The van der Waals surface area contributed by atoms with Crippen molar-refractivity contribution >= 4 is 0 Å². The highest BCUT2D eigenvalue weighted by molar-refractivity contribution is 5.07. The zero-order valence-electron chi connectivity index (χ0n) is 13.8. The van der Waals surface area contributed by atoms with E-state index in [1.165, 1.54) is 19.3 Å². The third kappa shape index (κ3) is 1.72. The summed E-state index contributed by atoms with van der Waals surface area (Å²) in [6, 6.07) is 0. The molecule has 0 unspecified atom stereocenters. The van der Waals surface area contributed by atoms with Crippen LogP contribution in [0.3, 0.4) is 0 Å². The van der Waals surface area contributed by atoms with E-state index in [0.717, 1.165) is 34.5 Å². The van der Waals surface area contributed by atoms with Gasteiger partial charge in [-0.3, -0.25) is 0 Å². The first-order valence-electron chi connectivity index (χ1n) is 9.70. The van der Waals surface area contributed by atoms with E-state index in [1.54, 1.807) is 57.8 Å². The molecular weight excluding hydrogens is 240 g/mol. The van der Waals surface area contributed by atoms with E-state index >= 15 is 0 Å². The molecule has 0 amide bonds. The molecule has 0 spiro atoms. The van der Waals surface area contributed by atoms with Crippen molar-refractivity contribution < 1.29 is 0 Å². The Kier molecular flexibility index (Phi) is 3.24. The first-order valence-corrected chi connectivity index (χ1v) is 9.70. The zero-order valence-corrected chi connectivity index (χ0v) is 13.8. The van der Waals surface area contributed by atoms with Gasteiger partial charge in [-0.1, -0.05) is 39.5 Å². The first kappa shape index (κ1) is 13.6. The second-order valence-electron chi connectivity index (χ2n) is 9.05. The largest absolute Gasteiger partial charge is 0.0648 e. The Bertz CT molecular complexity index is 372. The second-order valence-corrected chi connectivity index (χ2v) is 9.05. The molecule has 0 heteroatoms. The molecule has 0 aromatic heterocycles. The molecule has 4 rings (SSSR count). The maximum atomic E-state index is 2.71. The molecule has 4 aliphatic carbocycles.